The average Bonchev–Trinajstić information content (AvgIpc) is 3.22. The van der Waals surface area contributed by atoms with E-state index in [0.717, 1.165) is 13.0 Å². The number of likely N-dealkylation sites (tertiary alicyclic amines) is 1. The maximum atomic E-state index is 12.6. The molecule has 7 heteroatoms. The fourth-order valence-corrected chi connectivity index (χ4v) is 3.90. The molecule has 1 aromatic rings. The van der Waals surface area contributed by atoms with Gasteiger partial charge in [-0.2, -0.15) is 0 Å². The number of amides is 1. The van der Waals surface area contributed by atoms with Crippen molar-refractivity contribution in [3.63, 3.8) is 0 Å². The monoisotopic (exact) mass is 302 g/mol. The zero-order valence-electron chi connectivity index (χ0n) is 11.9. The fourth-order valence-electron chi connectivity index (χ4n) is 3.90. The highest BCUT2D eigenvalue weighted by Gasteiger charge is 2.65. The van der Waals surface area contributed by atoms with Crippen LogP contribution in [0, 0.1) is 11.8 Å². The summed E-state index contributed by atoms with van der Waals surface area (Å²) in [4.78, 5) is 29.6. The summed E-state index contributed by atoms with van der Waals surface area (Å²) in [5, 5.41) is 11.3. The molecule has 116 valence electrons. The van der Waals surface area contributed by atoms with Crippen LogP contribution in [-0.2, 0) is 20.9 Å². The first-order valence-electron chi connectivity index (χ1n) is 7.43. The van der Waals surface area contributed by atoms with Crippen molar-refractivity contribution >= 4 is 11.9 Å². The number of aromatic nitrogens is 2. The summed E-state index contributed by atoms with van der Waals surface area (Å²) in [7, 11) is 0. The Labute approximate surface area is 127 Å². The molecule has 1 spiro atoms. The quantitative estimate of drug-likeness (QED) is 0.638. The molecule has 3 aliphatic rings. The smallest absolute Gasteiger partial charge is 0.229 e. The maximum absolute atomic E-state index is 12.6. The van der Waals surface area contributed by atoms with Gasteiger partial charge in [-0.15, -0.1) is 0 Å². The van der Waals surface area contributed by atoms with Crippen LogP contribution in [0.2, 0.25) is 0 Å². The molecule has 0 unspecified atom stereocenters. The second-order valence-corrected chi connectivity index (χ2v) is 6.13. The van der Waals surface area contributed by atoms with Gasteiger partial charge < -0.3 is 24.1 Å². The van der Waals surface area contributed by atoms with Crippen molar-refractivity contribution < 1.29 is 19.4 Å². The molecule has 2 bridgehead atoms. The van der Waals surface area contributed by atoms with Crippen molar-refractivity contribution in [3.8, 4) is 0 Å². The summed E-state index contributed by atoms with van der Waals surface area (Å²) in [5.74, 6) is -2.83. The van der Waals surface area contributed by atoms with Crippen molar-refractivity contribution in [3.05, 3.63) is 30.9 Å². The van der Waals surface area contributed by atoms with Gasteiger partial charge in [0.05, 0.1) is 24.9 Å². The third-order valence-corrected chi connectivity index (χ3v) is 4.85. The van der Waals surface area contributed by atoms with Crippen LogP contribution in [0.15, 0.2) is 30.9 Å². The van der Waals surface area contributed by atoms with Crippen molar-refractivity contribution in [1.29, 1.82) is 0 Å². The SMILES string of the molecule is O=C([O-])[C@H]1[C@@H]2C=C[C@]3(CN(CCCn4ccnc4)C(=O)[C@@H]13)O2. The summed E-state index contributed by atoms with van der Waals surface area (Å²) in [5.41, 5.74) is -0.762. The van der Waals surface area contributed by atoms with Crippen LogP contribution in [-0.4, -0.2) is 51.1 Å². The molecule has 3 aliphatic heterocycles. The zero-order valence-corrected chi connectivity index (χ0v) is 11.9. The van der Waals surface area contributed by atoms with Crippen LogP contribution in [0.25, 0.3) is 0 Å². The predicted octanol–water partition coefficient (Wildman–Crippen LogP) is -1.19. The van der Waals surface area contributed by atoms with E-state index >= 15 is 0 Å². The van der Waals surface area contributed by atoms with Gasteiger partial charge in [0.25, 0.3) is 0 Å². The van der Waals surface area contributed by atoms with E-state index in [4.69, 9.17) is 4.74 Å². The number of carboxylic acids is 1. The van der Waals surface area contributed by atoms with Crippen molar-refractivity contribution in [2.45, 2.75) is 24.7 Å². The second kappa shape index (κ2) is 4.67. The molecule has 4 atom stereocenters. The Hall–Kier alpha value is -2.15. The van der Waals surface area contributed by atoms with Gasteiger partial charge in [0, 0.05) is 37.4 Å². The Morgan fingerprint density at radius 2 is 2.36 bits per heavy atom. The molecule has 0 radical (unpaired) electrons. The third-order valence-electron chi connectivity index (χ3n) is 4.85. The maximum Gasteiger partial charge on any atom is 0.229 e. The normalized spacial score (nSPS) is 35.4. The first kappa shape index (κ1) is 13.5. The largest absolute Gasteiger partial charge is 0.550 e. The van der Waals surface area contributed by atoms with E-state index in [-0.39, 0.29) is 5.91 Å². The van der Waals surface area contributed by atoms with Gasteiger partial charge >= 0.3 is 0 Å². The summed E-state index contributed by atoms with van der Waals surface area (Å²) >= 11 is 0. The van der Waals surface area contributed by atoms with Gasteiger partial charge in [-0.25, -0.2) is 4.98 Å². The molecule has 2 fully saturated rings. The minimum Gasteiger partial charge on any atom is -0.550 e. The highest BCUT2D eigenvalue weighted by molar-refractivity contribution is 5.90. The van der Waals surface area contributed by atoms with Crippen LogP contribution >= 0.6 is 0 Å². The number of nitrogens with zero attached hydrogens (tertiary/aromatic N) is 3. The Bertz CT molecular complexity index is 641. The number of fused-ring (bicyclic) bond motifs is 1. The number of hydrogen-bond acceptors (Lipinski definition) is 5. The van der Waals surface area contributed by atoms with Gasteiger partial charge in [0.1, 0.15) is 5.60 Å². The van der Waals surface area contributed by atoms with Crippen molar-refractivity contribution in [2.75, 3.05) is 13.1 Å². The van der Waals surface area contributed by atoms with E-state index in [1.807, 2.05) is 16.8 Å². The number of rotatable bonds is 5. The van der Waals surface area contributed by atoms with Gasteiger partial charge in [0.15, 0.2) is 0 Å². The molecule has 0 aromatic carbocycles. The van der Waals surface area contributed by atoms with Crippen molar-refractivity contribution in [2.24, 2.45) is 11.8 Å². The van der Waals surface area contributed by atoms with E-state index in [9.17, 15) is 14.7 Å². The molecule has 1 amide bonds. The van der Waals surface area contributed by atoms with E-state index in [0.29, 0.717) is 13.1 Å². The van der Waals surface area contributed by atoms with E-state index < -0.39 is 29.5 Å². The van der Waals surface area contributed by atoms with Crippen LogP contribution < -0.4 is 5.11 Å². The predicted molar refractivity (Wildman–Crippen MR) is 72.2 cm³/mol. The molecule has 4 heterocycles. The Kier molecular flexibility index (Phi) is 2.87. The van der Waals surface area contributed by atoms with E-state index in [1.165, 1.54) is 0 Å². The van der Waals surface area contributed by atoms with Crippen LogP contribution in [0.5, 0.6) is 0 Å². The topological polar surface area (TPSA) is 87.5 Å². The van der Waals surface area contributed by atoms with Crippen LogP contribution in [0.3, 0.4) is 0 Å². The molecular formula is C15H16N3O4-. The lowest BCUT2D eigenvalue weighted by Crippen LogP contribution is -2.45. The highest BCUT2D eigenvalue weighted by atomic mass is 16.5. The Morgan fingerprint density at radius 1 is 1.50 bits per heavy atom. The lowest BCUT2D eigenvalue weighted by Gasteiger charge is -2.24. The average molecular weight is 302 g/mol. The van der Waals surface area contributed by atoms with Crippen molar-refractivity contribution in [1.82, 2.24) is 14.5 Å². The Balaban J connectivity index is 1.45. The molecule has 2 saturated heterocycles. The summed E-state index contributed by atoms with van der Waals surface area (Å²) in [6.07, 6.45) is 9.19. The van der Waals surface area contributed by atoms with Gasteiger partial charge in [0.2, 0.25) is 5.91 Å². The zero-order chi connectivity index (χ0) is 15.3. The van der Waals surface area contributed by atoms with E-state index in [2.05, 4.69) is 4.98 Å². The summed E-state index contributed by atoms with van der Waals surface area (Å²) in [6, 6.07) is 0. The molecule has 0 N–H and O–H groups in total. The molecule has 7 nitrogen and oxygen atoms in total. The van der Waals surface area contributed by atoms with E-state index in [1.54, 1.807) is 23.5 Å². The minimum atomic E-state index is -1.20. The van der Waals surface area contributed by atoms with Gasteiger partial charge in [-0.05, 0) is 6.42 Å². The first-order chi connectivity index (χ1) is 10.6. The highest BCUT2D eigenvalue weighted by Crippen LogP contribution is 2.51. The first-order valence-corrected chi connectivity index (χ1v) is 7.43. The lowest BCUT2D eigenvalue weighted by molar-refractivity contribution is -0.313. The number of hydrogen-bond donors (Lipinski definition) is 0. The summed E-state index contributed by atoms with van der Waals surface area (Å²) < 4.78 is 7.75. The molecule has 0 aliphatic carbocycles. The number of aliphatic carboxylic acids is 1. The minimum absolute atomic E-state index is 0.133. The molecular weight excluding hydrogens is 286 g/mol. The number of aryl methyl sites for hydroxylation is 1. The molecule has 22 heavy (non-hydrogen) atoms. The lowest BCUT2D eigenvalue weighted by atomic mass is 9.77. The number of carbonyl (C=O) groups is 2. The number of carbonyl (C=O) groups excluding carboxylic acids is 2. The van der Waals surface area contributed by atoms with Gasteiger partial charge in [-0.1, -0.05) is 12.2 Å². The van der Waals surface area contributed by atoms with Crippen LogP contribution in [0.4, 0.5) is 0 Å². The standard InChI is InChI=1S/C15H17N3O4/c19-13-12-11(14(20)21)10-2-3-15(12,22-10)8-18(13)6-1-5-17-7-4-16-9-17/h2-4,7,9-12H,1,5-6,8H2,(H,20,21)/p-1/t10-,11-,12+,15+/m0/s1. The Morgan fingerprint density at radius 3 is 3.09 bits per heavy atom. The molecule has 0 saturated carbocycles. The third kappa shape index (κ3) is 1.81. The second-order valence-electron chi connectivity index (χ2n) is 6.13. The number of imidazole rings is 1. The number of carboxylic acid groups (broad SMARTS) is 1. The summed E-state index contributed by atoms with van der Waals surface area (Å²) in [6.45, 7) is 1.78. The van der Waals surface area contributed by atoms with Crippen LogP contribution in [0.1, 0.15) is 6.42 Å². The van der Waals surface area contributed by atoms with Gasteiger partial charge in [-0.3, -0.25) is 4.79 Å². The molecule has 1 aromatic heterocycles. The molecule has 4 rings (SSSR count). The number of ether oxygens (including phenoxy) is 1. The fraction of sp³-hybridized carbons (Fsp3) is 0.533.